The van der Waals surface area contributed by atoms with E-state index >= 15 is 0 Å². The Hall–Kier alpha value is -4.25. The zero-order valence-corrected chi connectivity index (χ0v) is 15.9. The molecule has 10 nitrogen and oxygen atoms in total. The first-order valence-corrected chi connectivity index (χ1v) is 9.66. The SMILES string of the molecule is c1c[nH]c(-c2nnc(-c3nc4ccccc4o3)c(-c3ncsn3)c2-c2ncon2)c1. The Morgan fingerprint density at radius 2 is 1.80 bits per heavy atom. The van der Waals surface area contributed by atoms with Crippen LogP contribution in [-0.4, -0.2) is 39.7 Å². The summed E-state index contributed by atoms with van der Waals surface area (Å²) in [4.78, 5) is 16.4. The van der Waals surface area contributed by atoms with Crippen LogP contribution in [0.25, 0.3) is 56.8 Å². The highest BCUT2D eigenvalue weighted by atomic mass is 32.1. The summed E-state index contributed by atoms with van der Waals surface area (Å²) in [5, 5.41) is 12.9. The Morgan fingerprint density at radius 3 is 2.57 bits per heavy atom. The smallest absolute Gasteiger partial charge is 0.248 e. The number of para-hydroxylation sites is 2. The molecule has 144 valence electrons. The topological polar surface area (TPSA) is 132 Å². The van der Waals surface area contributed by atoms with Crippen molar-refractivity contribution in [3.63, 3.8) is 0 Å². The molecule has 0 aliphatic rings. The molecule has 0 radical (unpaired) electrons. The number of H-pyrrole nitrogens is 1. The molecule has 0 aliphatic carbocycles. The summed E-state index contributed by atoms with van der Waals surface area (Å²) < 4.78 is 15.4. The van der Waals surface area contributed by atoms with Gasteiger partial charge in [0.25, 0.3) is 0 Å². The molecule has 6 rings (SSSR count). The summed E-state index contributed by atoms with van der Waals surface area (Å²) in [6.07, 6.45) is 3.05. The highest BCUT2D eigenvalue weighted by molar-refractivity contribution is 7.03. The van der Waals surface area contributed by atoms with Crippen molar-refractivity contribution in [3.05, 3.63) is 54.5 Å². The average molecular weight is 414 g/mol. The largest absolute Gasteiger partial charge is 0.435 e. The summed E-state index contributed by atoms with van der Waals surface area (Å²) in [5.41, 5.74) is 5.77. The lowest BCUT2D eigenvalue weighted by molar-refractivity contribution is 0.419. The maximum atomic E-state index is 5.96. The molecule has 0 saturated carbocycles. The third kappa shape index (κ3) is 2.60. The normalized spacial score (nSPS) is 11.3. The number of nitrogens with zero attached hydrogens (tertiary/aromatic N) is 7. The predicted octanol–water partition coefficient (Wildman–Crippen LogP) is 3.85. The standard InChI is InChI=1S/C19H10N8O2S/c1-2-6-12-10(4-1)23-19(29-12)16-14(18-22-9-30-27-18)13(17-21-8-28-26-17)15(24-25-16)11-5-3-7-20-11/h1-9,20H. The minimum Gasteiger partial charge on any atom is -0.435 e. The summed E-state index contributed by atoms with van der Waals surface area (Å²) >= 11 is 1.22. The summed E-state index contributed by atoms with van der Waals surface area (Å²) in [6, 6.07) is 11.2. The summed E-state index contributed by atoms with van der Waals surface area (Å²) in [6.45, 7) is 0. The van der Waals surface area contributed by atoms with Crippen LogP contribution in [-0.2, 0) is 0 Å². The quantitative estimate of drug-likeness (QED) is 0.456. The Morgan fingerprint density at radius 1 is 0.900 bits per heavy atom. The summed E-state index contributed by atoms with van der Waals surface area (Å²) in [7, 11) is 0. The van der Waals surface area contributed by atoms with E-state index in [2.05, 4.69) is 39.7 Å². The monoisotopic (exact) mass is 414 g/mol. The van der Waals surface area contributed by atoms with Crippen molar-refractivity contribution in [1.82, 2.24) is 39.7 Å². The molecule has 5 heterocycles. The Balaban J connectivity index is 1.71. The molecule has 6 aromatic rings. The molecule has 0 amide bonds. The van der Waals surface area contributed by atoms with Crippen molar-refractivity contribution in [2.24, 2.45) is 0 Å². The lowest BCUT2D eigenvalue weighted by Gasteiger charge is -2.10. The van der Waals surface area contributed by atoms with Crippen LogP contribution < -0.4 is 0 Å². The lowest BCUT2D eigenvalue weighted by atomic mass is 10.0. The van der Waals surface area contributed by atoms with Gasteiger partial charge in [-0.1, -0.05) is 17.3 Å². The Labute approximate surface area is 171 Å². The van der Waals surface area contributed by atoms with Gasteiger partial charge in [0.05, 0.1) is 16.8 Å². The van der Waals surface area contributed by atoms with Crippen LogP contribution in [0.3, 0.4) is 0 Å². The number of hydrogen-bond donors (Lipinski definition) is 1. The van der Waals surface area contributed by atoms with E-state index in [4.69, 9.17) is 8.94 Å². The fourth-order valence-electron chi connectivity index (χ4n) is 3.22. The third-order valence-corrected chi connectivity index (χ3v) is 4.97. The molecule has 5 aromatic heterocycles. The van der Waals surface area contributed by atoms with Crippen LogP contribution >= 0.6 is 11.5 Å². The van der Waals surface area contributed by atoms with Crippen LogP contribution in [0.1, 0.15) is 0 Å². The van der Waals surface area contributed by atoms with Crippen molar-refractivity contribution in [2.75, 3.05) is 0 Å². The molecule has 0 unspecified atom stereocenters. The van der Waals surface area contributed by atoms with Gasteiger partial charge in [0, 0.05) is 6.20 Å². The van der Waals surface area contributed by atoms with Crippen LogP contribution in [0.5, 0.6) is 0 Å². The van der Waals surface area contributed by atoms with Gasteiger partial charge >= 0.3 is 0 Å². The first-order chi connectivity index (χ1) is 14.9. The second kappa shape index (κ2) is 6.67. The van der Waals surface area contributed by atoms with E-state index in [0.717, 1.165) is 5.69 Å². The van der Waals surface area contributed by atoms with Crippen molar-refractivity contribution < 1.29 is 8.94 Å². The Bertz CT molecular complexity index is 1410. The number of benzene rings is 1. The van der Waals surface area contributed by atoms with Crippen molar-refractivity contribution >= 4 is 22.6 Å². The van der Waals surface area contributed by atoms with Gasteiger partial charge in [0.2, 0.25) is 18.1 Å². The molecule has 1 aromatic carbocycles. The maximum absolute atomic E-state index is 5.96. The van der Waals surface area contributed by atoms with E-state index < -0.39 is 0 Å². The van der Waals surface area contributed by atoms with Gasteiger partial charge in [-0.05, 0) is 35.8 Å². The fraction of sp³-hybridized carbons (Fsp3) is 0. The molecule has 1 N–H and O–H groups in total. The molecule has 0 saturated heterocycles. The second-order valence-electron chi connectivity index (χ2n) is 6.23. The van der Waals surface area contributed by atoms with Crippen LogP contribution in [0.15, 0.2) is 63.4 Å². The molecule has 30 heavy (non-hydrogen) atoms. The fourth-order valence-corrected chi connectivity index (χ4v) is 3.66. The third-order valence-electron chi connectivity index (χ3n) is 4.49. The van der Waals surface area contributed by atoms with Gasteiger partial charge in [0.15, 0.2) is 17.1 Å². The van der Waals surface area contributed by atoms with E-state index in [-0.39, 0.29) is 0 Å². The highest BCUT2D eigenvalue weighted by Crippen LogP contribution is 2.40. The number of fused-ring (bicyclic) bond motifs is 1. The van der Waals surface area contributed by atoms with Crippen LogP contribution in [0, 0.1) is 0 Å². The number of oxazole rings is 1. The molecule has 0 spiro atoms. The highest BCUT2D eigenvalue weighted by Gasteiger charge is 2.28. The van der Waals surface area contributed by atoms with Crippen LogP contribution in [0.4, 0.5) is 0 Å². The molecule has 11 heteroatoms. The van der Waals surface area contributed by atoms with E-state index in [1.165, 1.54) is 17.9 Å². The van der Waals surface area contributed by atoms with Crippen molar-refractivity contribution in [1.29, 1.82) is 0 Å². The number of aromatic nitrogens is 8. The molecule has 0 aliphatic heterocycles. The van der Waals surface area contributed by atoms with Crippen LogP contribution in [0.2, 0.25) is 0 Å². The zero-order chi connectivity index (χ0) is 19.9. The number of rotatable bonds is 4. The van der Waals surface area contributed by atoms with Gasteiger partial charge in [-0.25, -0.2) is 9.97 Å². The van der Waals surface area contributed by atoms with Gasteiger partial charge < -0.3 is 13.9 Å². The minimum absolute atomic E-state index is 0.302. The van der Waals surface area contributed by atoms with E-state index in [1.54, 1.807) is 11.7 Å². The second-order valence-corrected chi connectivity index (χ2v) is 6.83. The number of hydrogen-bond acceptors (Lipinski definition) is 10. The molecule has 0 fully saturated rings. The van der Waals surface area contributed by atoms with Gasteiger partial charge in [0.1, 0.15) is 16.7 Å². The average Bonchev–Trinajstić information content (AvgIpc) is 3.58. The Kier molecular flexibility index (Phi) is 3.71. The zero-order valence-electron chi connectivity index (χ0n) is 15.1. The first kappa shape index (κ1) is 16.7. The molecule has 0 atom stereocenters. The van der Waals surface area contributed by atoms with Gasteiger partial charge in [-0.2, -0.15) is 9.36 Å². The predicted molar refractivity (Wildman–Crippen MR) is 107 cm³/mol. The summed E-state index contributed by atoms with van der Waals surface area (Å²) in [5.74, 6) is 1.08. The minimum atomic E-state index is 0.302. The van der Waals surface area contributed by atoms with Gasteiger partial charge in [-0.15, -0.1) is 10.2 Å². The molecular formula is C19H10N8O2S. The molecule has 0 bridgehead atoms. The van der Waals surface area contributed by atoms with Crippen molar-refractivity contribution in [3.8, 4) is 45.7 Å². The van der Waals surface area contributed by atoms with E-state index in [0.29, 0.717) is 51.2 Å². The first-order valence-electron chi connectivity index (χ1n) is 8.82. The molecular weight excluding hydrogens is 404 g/mol. The van der Waals surface area contributed by atoms with E-state index in [9.17, 15) is 0 Å². The number of aromatic amines is 1. The van der Waals surface area contributed by atoms with E-state index in [1.807, 2.05) is 36.4 Å². The lowest BCUT2D eigenvalue weighted by Crippen LogP contribution is -2.02. The van der Waals surface area contributed by atoms with Gasteiger partial charge in [-0.3, -0.25) is 0 Å². The van der Waals surface area contributed by atoms with Crippen molar-refractivity contribution in [2.45, 2.75) is 0 Å². The number of nitrogens with one attached hydrogen (secondary N) is 1. The maximum Gasteiger partial charge on any atom is 0.248 e.